The van der Waals surface area contributed by atoms with Crippen molar-refractivity contribution in [3.05, 3.63) is 29.8 Å². The molecular formula is C15H23N3. The Balaban J connectivity index is 1.69. The quantitative estimate of drug-likeness (QED) is 0.848. The highest BCUT2D eigenvalue weighted by Crippen LogP contribution is 2.20. The molecule has 1 N–H and O–H groups in total. The molecule has 0 aromatic heterocycles. The largest absolute Gasteiger partial charge is 0.369 e. The molecule has 2 saturated heterocycles. The first-order valence-electron chi connectivity index (χ1n) is 7.15. The molecule has 0 spiro atoms. The molecule has 2 aliphatic heterocycles. The standard InChI is InChI=1S/C15H23N3/c1-2-13-3-5-14(6-4-13)18-10-9-17-8-7-16-11-15(17)12-18/h3-6,15-16H,2,7-12H2,1H3. The first-order chi connectivity index (χ1) is 8.86. The molecular weight excluding hydrogens is 222 g/mol. The molecule has 3 nitrogen and oxygen atoms in total. The van der Waals surface area contributed by atoms with E-state index in [9.17, 15) is 0 Å². The summed E-state index contributed by atoms with van der Waals surface area (Å²) in [7, 11) is 0. The van der Waals surface area contributed by atoms with Crippen LogP contribution < -0.4 is 10.2 Å². The Morgan fingerprint density at radius 2 is 2.00 bits per heavy atom. The van der Waals surface area contributed by atoms with Crippen molar-refractivity contribution in [1.29, 1.82) is 0 Å². The number of nitrogens with one attached hydrogen (secondary N) is 1. The number of hydrogen-bond acceptors (Lipinski definition) is 3. The van der Waals surface area contributed by atoms with Gasteiger partial charge in [0, 0.05) is 51.0 Å². The Morgan fingerprint density at radius 3 is 2.78 bits per heavy atom. The van der Waals surface area contributed by atoms with E-state index < -0.39 is 0 Å². The number of piperazine rings is 2. The van der Waals surface area contributed by atoms with Crippen LogP contribution in [-0.2, 0) is 6.42 Å². The summed E-state index contributed by atoms with van der Waals surface area (Å²) in [4.78, 5) is 5.17. The van der Waals surface area contributed by atoms with Gasteiger partial charge in [0.15, 0.2) is 0 Å². The number of anilines is 1. The highest BCUT2D eigenvalue weighted by Gasteiger charge is 2.28. The maximum atomic E-state index is 3.51. The molecule has 2 aliphatic rings. The second-order valence-corrected chi connectivity index (χ2v) is 5.36. The molecule has 18 heavy (non-hydrogen) atoms. The van der Waals surface area contributed by atoms with Crippen LogP contribution in [0.2, 0.25) is 0 Å². The van der Waals surface area contributed by atoms with E-state index in [2.05, 4.69) is 46.3 Å². The third-order valence-electron chi connectivity index (χ3n) is 4.27. The number of nitrogens with zero attached hydrogens (tertiary/aromatic N) is 2. The minimum absolute atomic E-state index is 0.693. The lowest BCUT2D eigenvalue weighted by Gasteiger charge is -2.45. The van der Waals surface area contributed by atoms with Crippen LogP contribution in [0, 0.1) is 0 Å². The van der Waals surface area contributed by atoms with E-state index in [0.29, 0.717) is 6.04 Å². The molecule has 3 heteroatoms. The first kappa shape index (κ1) is 12.0. The molecule has 1 aromatic rings. The zero-order chi connectivity index (χ0) is 12.4. The van der Waals surface area contributed by atoms with Gasteiger partial charge in [-0.25, -0.2) is 0 Å². The van der Waals surface area contributed by atoms with Gasteiger partial charge in [-0.3, -0.25) is 4.90 Å². The number of benzene rings is 1. The van der Waals surface area contributed by atoms with E-state index in [0.717, 1.165) is 19.5 Å². The van der Waals surface area contributed by atoms with Gasteiger partial charge in [0.05, 0.1) is 0 Å². The minimum Gasteiger partial charge on any atom is -0.369 e. The van der Waals surface area contributed by atoms with Gasteiger partial charge in [-0.2, -0.15) is 0 Å². The Hall–Kier alpha value is -1.06. The summed E-state index contributed by atoms with van der Waals surface area (Å²) < 4.78 is 0. The fourth-order valence-electron chi connectivity index (χ4n) is 3.05. The molecule has 98 valence electrons. The summed E-state index contributed by atoms with van der Waals surface area (Å²) in [6.45, 7) is 9.27. The number of fused-ring (bicyclic) bond motifs is 1. The maximum Gasteiger partial charge on any atom is 0.0397 e. The molecule has 1 aromatic carbocycles. The topological polar surface area (TPSA) is 18.5 Å². The molecule has 2 fully saturated rings. The third-order valence-corrected chi connectivity index (χ3v) is 4.27. The predicted molar refractivity (Wildman–Crippen MR) is 76.3 cm³/mol. The lowest BCUT2D eigenvalue weighted by molar-refractivity contribution is 0.146. The van der Waals surface area contributed by atoms with Crippen LogP contribution in [0.4, 0.5) is 5.69 Å². The normalized spacial score (nSPS) is 24.9. The van der Waals surface area contributed by atoms with Gasteiger partial charge in [0.2, 0.25) is 0 Å². The van der Waals surface area contributed by atoms with E-state index in [4.69, 9.17) is 0 Å². The molecule has 0 radical (unpaired) electrons. The van der Waals surface area contributed by atoms with Crippen molar-refractivity contribution in [1.82, 2.24) is 10.2 Å². The predicted octanol–water partition coefficient (Wildman–Crippen LogP) is 1.34. The van der Waals surface area contributed by atoms with Crippen molar-refractivity contribution in [2.45, 2.75) is 19.4 Å². The molecule has 3 rings (SSSR count). The summed E-state index contributed by atoms with van der Waals surface area (Å²) in [6.07, 6.45) is 1.13. The van der Waals surface area contributed by atoms with Gasteiger partial charge in [0.1, 0.15) is 0 Å². The smallest absolute Gasteiger partial charge is 0.0397 e. The third kappa shape index (κ3) is 2.38. The van der Waals surface area contributed by atoms with E-state index in [1.807, 2.05) is 0 Å². The fraction of sp³-hybridized carbons (Fsp3) is 0.600. The van der Waals surface area contributed by atoms with Crippen LogP contribution in [0.5, 0.6) is 0 Å². The summed E-state index contributed by atoms with van der Waals surface area (Å²) in [5.74, 6) is 0. The molecule has 2 heterocycles. The van der Waals surface area contributed by atoms with Crippen molar-refractivity contribution in [2.24, 2.45) is 0 Å². The van der Waals surface area contributed by atoms with Crippen LogP contribution >= 0.6 is 0 Å². The zero-order valence-electron chi connectivity index (χ0n) is 11.2. The fourth-order valence-corrected chi connectivity index (χ4v) is 3.05. The van der Waals surface area contributed by atoms with Crippen LogP contribution in [-0.4, -0.2) is 50.2 Å². The summed E-state index contributed by atoms with van der Waals surface area (Å²) in [5.41, 5.74) is 2.81. The number of hydrogen-bond donors (Lipinski definition) is 1. The monoisotopic (exact) mass is 245 g/mol. The molecule has 0 aliphatic carbocycles. The molecule has 0 bridgehead atoms. The van der Waals surface area contributed by atoms with E-state index >= 15 is 0 Å². The van der Waals surface area contributed by atoms with Gasteiger partial charge >= 0.3 is 0 Å². The van der Waals surface area contributed by atoms with Gasteiger partial charge < -0.3 is 10.2 Å². The lowest BCUT2D eigenvalue weighted by atomic mass is 10.1. The minimum atomic E-state index is 0.693. The summed E-state index contributed by atoms with van der Waals surface area (Å²) >= 11 is 0. The van der Waals surface area contributed by atoms with Crippen molar-refractivity contribution in [3.8, 4) is 0 Å². The van der Waals surface area contributed by atoms with E-state index in [-0.39, 0.29) is 0 Å². The molecule has 0 amide bonds. The highest BCUT2D eigenvalue weighted by atomic mass is 15.3. The second kappa shape index (κ2) is 5.29. The van der Waals surface area contributed by atoms with Crippen LogP contribution in [0.15, 0.2) is 24.3 Å². The van der Waals surface area contributed by atoms with Gasteiger partial charge in [0.25, 0.3) is 0 Å². The zero-order valence-corrected chi connectivity index (χ0v) is 11.2. The molecule has 1 unspecified atom stereocenters. The van der Waals surface area contributed by atoms with E-state index in [1.54, 1.807) is 0 Å². The SMILES string of the molecule is CCc1ccc(N2CCN3CCNCC3C2)cc1. The lowest BCUT2D eigenvalue weighted by Crippen LogP contribution is -2.61. The summed E-state index contributed by atoms with van der Waals surface area (Å²) in [6, 6.07) is 9.79. The van der Waals surface area contributed by atoms with E-state index in [1.165, 1.54) is 37.4 Å². The first-order valence-corrected chi connectivity index (χ1v) is 7.15. The Bertz CT molecular complexity index is 387. The van der Waals surface area contributed by atoms with Crippen LogP contribution in [0.25, 0.3) is 0 Å². The van der Waals surface area contributed by atoms with Gasteiger partial charge in [-0.05, 0) is 24.1 Å². The molecule has 0 saturated carbocycles. The maximum absolute atomic E-state index is 3.51. The average Bonchev–Trinajstić information content (AvgIpc) is 2.47. The van der Waals surface area contributed by atoms with Crippen molar-refractivity contribution in [2.75, 3.05) is 44.2 Å². The summed E-state index contributed by atoms with van der Waals surface area (Å²) in [5, 5.41) is 3.51. The van der Waals surface area contributed by atoms with Crippen LogP contribution in [0.3, 0.4) is 0 Å². The van der Waals surface area contributed by atoms with Gasteiger partial charge in [-0.1, -0.05) is 19.1 Å². The van der Waals surface area contributed by atoms with Crippen LogP contribution in [0.1, 0.15) is 12.5 Å². The number of aryl methyl sites for hydroxylation is 1. The average molecular weight is 245 g/mol. The Kier molecular flexibility index (Phi) is 3.52. The molecule has 1 atom stereocenters. The number of rotatable bonds is 2. The Morgan fingerprint density at radius 1 is 1.17 bits per heavy atom. The van der Waals surface area contributed by atoms with Crippen molar-refractivity contribution in [3.63, 3.8) is 0 Å². The Labute approximate surface area is 110 Å². The van der Waals surface area contributed by atoms with Gasteiger partial charge in [-0.15, -0.1) is 0 Å². The second-order valence-electron chi connectivity index (χ2n) is 5.36. The highest BCUT2D eigenvalue weighted by molar-refractivity contribution is 5.48. The van der Waals surface area contributed by atoms with Crippen molar-refractivity contribution < 1.29 is 0 Å². The van der Waals surface area contributed by atoms with Crippen molar-refractivity contribution >= 4 is 5.69 Å².